The highest BCUT2D eigenvalue weighted by Crippen LogP contribution is 2.25. The molecule has 1 aromatic heterocycles. The van der Waals surface area contributed by atoms with E-state index in [0.717, 1.165) is 28.4 Å². The molecule has 0 unspecified atom stereocenters. The van der Waals surface area contributed by atoms with Gasteiger partial charge in [-0.3, -0.25) is 4.79 Å². The fourth-order valence-corrected chi connectivity index (χ4v) is 4.52. The molecule has 1 amide bonds. The highest BCUT2D eigenvalue weighted by molar-refractivity contribution is 7.99. The van der Waals surface area contributed by atoms with Crippen molar-refractivity contribution in [2.24, 2.45) is 5.10 Å². The van der Waals surface area contributed by atoms with Gasteiger partial charge in [0.25, 0.3) is 0 Å². The number of halogens is 1. The first-order valence-corrected chi connectivity index (χ1v) is 11.3. The van der Waals surface area contributed by atoms with E-state index in [2.05, 4.69) is 47.1 Å². The first-order chi connectivity index (χ1) is 14.3. The Morgan fingerprint density at radius 3 is 2.50 bits per heavy atom. The van der Waals surface area contributed by atoms with Crippen molar-refractivity contribution in [3.8, 4) is 5.69 Å². The molecule has 0 aliphatic carbocycles. The molecule has 0 aliphatic heterocycles. The third kappa shape index (κ3) is 5.55. The van der Waals surface area contributed by atoms with E-state index in [4.69, 9.17) is 11.6 Å². The average Bonchev–Trinajstić information content (AvgIpc) is 2.95. The summed E-state index contributed by atoms with van der Waals surface area (Å²) >= 11 is 7.94. The van der Waals surface area contributed by atoms with E-state index in [1.165, 1.54) is 16.7 Å². The van der Waals surface area contributed by atoms with Crippen LogP contribution in [0.3, 0.4) is 0 Å². The molecule has 0 radical (unpaired) electrons. The SMILES string of the molecule is Cc1cc(C)cc(CSCC(=O)NN=Cc2cc(C)n(-c3ccccc3Cl)c2C)c1. The van der Waals surface area contributed by atoms with E-state index in [1.807, 2.05) is 44.2 Å². The number of hydrogen-bond acceptors (Lipinski definition) is 3. The van der Waals surface area contributed by atoms with Crippen LogP contribution >= 0.6 is 23.4 Å². The van der Waals surface area contributed by atoms with Gasteiger partial charge >= 0.3 is 0 Å². The van der Waals surface area contributed by atoms with Crippen molar-refractivity contribution in [2.75, 3.05) is 5.75 Å². The molecule has 0 aliphatic rings. The van der Waals surface area contributed by atoms with Crippen LogP contribution < -0.4 is 5.43 Å². The molecule has 30 heavy (non-hydrogen) atoms. The van der Waals surface area contributed by atoms with Gasteiger partial charge in [0.05, 0.1) is 22.7 Å². The second-order valence-corrected chi connectivity index (χ2v) is 8.79. The van der Waals surface area contributed by atoms with Crippen molar-refractivity contribution < 1.29 is 4.79 Å². The maximum absolute atomic E-state index is 12.1. The molecule has 4 nitrogen and oxygen atoms in total. The summed E-state index contributed by atoms with van der Waals surface area (Å²) in [6, 6.07) is 16.2. The Kier molecular flexibility index (Phi) is 7.40. The van der Waals surface area contributed by atoms with Crippen molar-refractivity contribution in [3.63, 3.8) is 0 Å². The topological polar surface area (TPSA) is 46.4 Å². The van der Waals surface area contributed by atoms with Crippen LogP contribution in [0, 0.1) is 27.7 Å². The van der Waals surface area contributed by atoms with Crippen molar-refractivity contribution >= 4 is 35.5 Å². The molecule has 3 aromatic rings. The van der Waals surface area contributed by atoms with Gasteiger partial charge in [-0.1, -0.05) is 53.1 Å². The van der Waals surface area contributed by atoms with E-state index in [0.29, 0.717) is 10.8 Å². The van der Waals surface area contributed by atoms with Gasteiger partial charge in [0, 0.05) is 22.7 Å². The molecule has 6 heteroatoms. The van der Waals surface area contributed by atoms with Gasteiger partial charge in [0.1, 0.15) is 0 Å². The van der Waals surface area contributed by atoms with Crippen LogP contribution in [0.25, 0.3) is 5.69 Å². The number of hydrogen-bond donors (Lipinski definition) is 1. The smallest absolute Gasteiger partial charge is 0.250 e. The predicted octanol–water partition coefficient (Wildman–Crippen LogP) is 5.75. The molecule has 0 saturated heterocycles. The first kappa shape index (κ1) is 22.2. The fourth-order valence-electron chi connectivity index (χ4n) is 3.54. The zero-order valence-electron chi connectivity index (χ0n) is 17.7. The quantitative estimate of drug-likeness (QED) is 0.376. The Bertz CT molecular complexity index is 1070. The van der Waals surface area contributed by atoms with Gasteiger partial charge in [0.15, 0.2) is 0 Å². The lowest BCUT2D eigenvalue weighted by atomic mass is 10.1. The number of nitrogens with zero attached hydrogens (tertiary/aromatic N) is 2. The Labute approximate surface area is 187 Å². The Hall–Kier alpha value is -2.50. The van der Waals surface area contributed by atoms with Crippen LogP contribution in [-0.4, -0.2) is 22.4 Å². The second kappa shape index (κ2) is 10.0. The van der Waals surface area contributed by atoms with Crippen LogP contribution in [0.2, 0.25) is 5.02 Å². The molecular formula is C24H26ClN3OS. The number of nitrogens with one attached hydrogen (secondary N) is 1. The van der Waals surface area contributed by atoms with E-state index < -0.39 is 0 Å². The van der Waals surface area contributed by atoms with E-state index in [1.54, 1.807) is 18.0 Å². The number of thioether (sulfide) groups is 1. The standard InChI is InChI=1S/C24H26ClN3OS/c1-16-9-17(2)11-20(10-16)14-30-15-24(29)27-26-13-21-12-18(3)28(19(21)4)23-8-6-5-7-22(23)25/h5-13H,14-15H2,1-4H3,(H,27,29). The van der Waals surface area contributed by atoms with Crippen LogP contribution in [0.1, 0.15) is 33.6 Å². The van der Waals surface area contributed by atoms with Crippen LogP contribution in [0.5, 0.6) is 0 Å². The monoisotopic (exact) mass is 439 g/mol. The Morgan fingerprint density at radius 1 is 1.10 bits per heavy atom. The summed E-state index contributed by atoms with van der Waals surface area (Å²) in [6.45, 7) is 8.21. The molecule has 2 aromatic carbocycles. The molecule has 0 atom stereocenters. The van der Waals surface area contributed by atoms with E-state index in [9.17, 15) is 4.79 Å². The minimum Gasteiger partial charge on any atom is -0.316 e. The molecule has 0 spiro atoms. The van der Waals surface area contributed by atoms with Crippen molar-refractivity contribution in [1.29, 1.82) is 0 Å². The van der Waals surface area contributed by atoms with Crippen molar-refractivity contribution in [2.45, 2.75) is 33.4 Å². The van der Waals surface area contributed by atoms with Crippen molar-refractivity contribution in [1.82, 2.24) is 9.99 Å². The number of benzene rings is 2. The largest absolute Gasteiger partial charge is 0.316 e. The molecule has 0 fully saturated rings. The highest BCUT2D eigenvalue weighted by atomic mass is 35.5. The number of amides is 1. The number of hydrazone groups is 1. The zero-order valence-corrected chi connectivity index (χ0v) is 19.3. The Morgan fingerprint density at radius 2 is 1.80 bits per heavy atom. The number of aromatic nitrogens is 1. The lowest BCUT2D eigenvalue weighted by Gasteiger charge is -2.11. The van der Waals surface area contributed by atoms with Crippen LogP contribution in [0.15, 0.2) is 53.6 Å². The summed E-state index contributed by atoms with van der Waals surface area (Å²) in [5.74, 6) is 1.06. The third-order valence-corrected chi connectivity index (χ3v) is 6.06. The zero-order chi connectivity index (χ0) is 21.7. The van der Waals surface area contributed by atoms with Gasteiger partial charge in [-0.15, -0.1) is 11.8 Å². The number of carbonyl (C=O) groups excluding carboxylic acids is 1. The summed E-state index contributed by atoms with van der Waals surface area (Å²) in [4.78, 5) is 12.1. The van der Waals surface area contributed by atoms with Gasteiger partial charge in [-0.2, -0.15) is 5.10 Å². The number of aryl methyl sites for hydroxylation is 3. The molecule has 1 heterocycles. The van der Waals surface area contributed by atoms with E-state index in [-0.39, 0.29) is 5.91 Å². The molecule has 1 N–H and O–H groups in total. The third-order valence-electron chi connectivity index (χ3n) is 4.74. The van der Waals surface area contributed by atoms with Crippen LogP contribution in [0.4, 0.5) is 0 Å². The minimum absolute atomic E-state index is 0.111. The Balaban J connectivity index is 1.57. The van der Waals surface area contributed by atoms with Gasteiger partial charge < -0.3 is 4.57 Å². The molecule has 0 saturated carbocycles. The van der Waals surface area contributed by atoms with Gasteiger partial charge in [0.2, 0.25) is 5.91 Å². The maximum Gasteiger partial charge on any atom is 0.250 e. The van der Waals surface area contributed by atoms with E-state index >= 15 is 0 Å². The average molecular weight is 440 g/mol. The minimum atomic E-state index is -0.111. The lowest BCUT2D eigenvalue weighted by molar-refractivity contribution is -0.118. The molecule has 0 bridgehead atoms. The molecule has 3 rings (SSSR count). The summed E-state index contributed by atoms with van der Waals surface area (Å²) < 4.78 is 2.09. The lowest BCUT2D eigenvalue weighted by Crippen LogP contribution is -2.19. The fraction of sp³-hybridized carbons (Fsp3) is 0.250. The number of carbonyl (C=O) groups is 1. The molecule has 156 valence electrons. The summed E-state index contributed by atoms with van der Waals surface area (Å²) in [7, 11) is 0. The number of rotatable bonds is 7. The molecular weight excluding hydrogens is 414 g/mol. The van der Waals surface area contributed by atoms with Gasteiger partial charge in [-0.25, -0.2) is 5.43 Å². The first-order valence-electron chi connectivity index (χ1n) is 9.76. The second-order valence-electron chi connectivity index (χ2n) is 7.40. The predicted molar refractivity (Wildman–Crippen MR) is 128 cm³/mol. The highest BCUT2D eigenvalue weighted by Gasteiger charge is 2.11. The number of para-hydroxylation sites is 1. The summed E-state index contributed by atoms with van der Waals surface area (Å²) in [6.07, 6.45) is 1.68. The summed E-state index contributed by atoms with van der Waals surface area (Å²) in [5.41, 5.74) is 10.3. The van der Waals surface area contributed by atoms with Crippen molar-refractivity contribution in [3.05, 3.63) is 87.2 Å². The summed E-state index contributed by atoms with van der Waals surface area (Å²) in [5, 5.41) is 4.83. The van der Waals surface area contributed by atoms with Gasteiger partial charge in [-0.05, 0) is 51.5 Å². The maximum atomic E-state index is 12.1. The van der Waals surface area contributed by atoms with Crippen LogP contribution in [-0.2, 0) is 10.5 Å². The normalized spacial score (nSPS) is 11.2.